The van der Waals surface area contributed by atoms with Crippen molar-refractivity contribution in [2.75, 3.05) is 41.7 Å². The summed E-state index contributed by atoms with van der Waals surface area (Å²) in [5.74, 6) is 0. The molecule has 0 spiro atoms. The number of piperidine rings is 2. The van der Waals surface area contributed by atoms with Gasteiger partial charge in [0.25, 0.3) is 11.4 Å². The van der Waals surface area contributed by atoms with Crippen LogP contribution in [-0.4, -0.2) is 36.0 Å². The molecule has 2 heterocycles. The highest BCUT2D eigenvalue weighted by Crippen LogP contribution is 2.41. The number of nitrogens with zero attached hydrogens (tertiary/aromatic N) is 4. The maximum Gasteiger partial charge on any atom is 0.287 e. The van der Waals surface area contributed by atoms with Crippen LogP contribution < -0.4 is 15.5 Å². The predicted molar refractivity (Wildman–Crippen MR) is 421 cm³/mol. The van der Waals surface area contributed by atoms with Gasteiger partial charge in [0.1, 0.15) is 5.02 Å². The summed E-state index contributed by atoms with van der Waals surface area (Å²) in [6.45, 7) is 26.0. The van der Waals surface area contributed by atoms with Gasteiger partial charge < -0.3 is 15.5 Å². The monoisotopic (exact) mass is 1460 g/mol. The zero-order valence-electron chi connectivity index (χ0n) is 56.6. The first-order valence-corrected chi connectivity index (χ1v) is 36.1. The third-order valence-electron chi connectivity index (χ3n) is 15.7. The predicted octanol–water partition coefficient (Wildman–Crippen LogP) is 24.7. The molecule has 2 aliphatic rings. The van der Waals surface area contributed by atoms with E-state index in [-0.39, 0.29) is 38.3 Å². The number of para-hydroxylation sites is 5. The van der Waals surface area contributed by atoms with Crippen LogP contribution in [0.25, 0.3) is 0 Å². The molecule has 0 atom stereocenters. The van der Waals surface area contributed by atoms with Crippen LogP contribution >= 0.6 is 88.3 Å². The second-order valence-corrected chi connectivity index (χ2v) is 29.0. The average molecular weight is 1460 g/mol. The molecule has 0 saturated carbocycles. The zero-order valence-corrected chi connectivity index (χ0v) is 63.3. The normalized spacial score (nSPS) is 12.2. The van der Waals surface area contributed by atoms with Gasteiger partial charge >= 0.3 is 0 Å². The number of thiol groups is 1. The van der Waals surface area contributed by atoms with Crippen molar-refractivity contribution >= 4 is 117 Å². The zero-order chi connectivity index (χ0) is 68.4. The number of aryl methyl sites for hydroxylation is 10. The molecule has 16 heteroatoms. The Kier molecular flexibility index (Phi) is 32.4. The van der Waals surface area contributed by atoms with Gasteiger partial charge in [0.05, 0.1) is 26.1 Å². The van der Waals surface area contributed by atoms with Crippen LogP contribution in [0.2, 0.25) is 5.02 Å². The number of nitro benzene ring substituents is 2. The van der Waals surface area contributed by atoms with E-state index in [1.165, 1.54) is 181 Å². The molecule has 12 rings (SSSR count). The molecule has 0 aliphatic carbocycles. The van der Waals surface area contributed by atoms with Crippen LogP contribution in [-0.2, 0) is 0 Å². The van der Waals surface area contributed by atoms with E-state index < -0.39 is 4.92 Å². The van der Waals surface area contributed by atoms with Crippen molar-refractivity contribution in [2.24, 2.45) is 0 Å². The van der Waals surface area contributed by atoms with Crippen LogP contribution in [0.1, 0.15) is 94.2 Å². The molecule has 2 N–H and O–H groups in total. The number of rotatable bonds is 12. The molecule has 0 unspecified atom stereocenters. The Morgan fingerprint density at radius 3 is 1.01 bits per heavy atom. The van der Waals surface area contributed by atoms with Gasteiger partial charge in [0.2, 0.25) is 0 Å². The number of hydrogen-bond donors (Lipinski definition) is 2. The lowest BCUT2D eigenvalue weighted by Gasteiger charge is -2.30. The number of nitro groups is 2. The number of anilines is 3. The molecule has 9 nitrogen and oxygen atoms in total. The minimum Gasteiger partial charge on any atom is -0.398 e. The maximum atomic E-state index is 10.9. The average Bonchev–Trinajstić information content (AvgIpc) is 0.936. The first-order chi connectivity index (χ1) is 45.6. The molecule has 2 aliphatic heterocycles. The van der Waals surface area contributed by atoms with E-state index in [1.54, 1.807) is 36.0 Å². The minimum atomic E-state index is -0.512. The Morgan fingerprint density at radius 1 is 0.365 bits per heavy atom. The number of halogens is 2. The number of nitrogens with two attached hydrogens (primary N) is 1. The quantitative estimate of drug-likeness (QED) is 0.0527. The lowest BCUT2D eigenvalue weighted by molar-refractivity contribution is -0.387. The molecular formula is C80H89BrClN5O4S5. The van der Waals surface area contributed by atoms with E-state index in [0.29, 0.717) is 4.90 Å². The van der Waals surface area contributed by atoms with E-state index in [1.807, 2.05) is 79.8 Å². The standard InChI is InChI=1S/2C19H23NS.C14H13NO2S.C14H15NS.C8H10S.C6H4ClNO2.BrH/c2*1-15-10-11-18(16(2)14-15)21-19-9-5-4-8-17(19)20-12-6-3-7-13-20;1-10-7-8-13(11(2)9-10)18-14-6-4-3-5-12(14)15(16)17;1-10-7-8-13(11(2)9-10)16-14-6-4-3-5-12(14)15;1-6-3-4-8(9)7(2)5-6;7-5-3-1-2-4-6(5)8(9)10;/h2*4-5,8-11,14H,3,6-7,12-13H2,1-2H3;3-9H,1-2H3;3-9H,15H2,1-2H3;3-5,9H,1-2H3;1-4H;1H. The number of nitrogen functional groups attached to an aromatic ring is 1. The Hall–Kier alpha value is -7.08. The summed E-state index contributed by atoms with van der Waals surface area (Å²) in [5, 5.41) is 21.3. The number of benzene rings is 10. The molecule has 0 aromatic heterocycles. The highest BCUT2D eigenvalue weighted by Gasteiger charge is 2.18. The third kappa shape index (κ3) is 24.8. The van der Waals surface area contributed by atoms with Crippen molar-refractivity contribution in [2.45, 2.75) is 152 Å². The fourth-order valence-corrected chi connectivity index (χ4v) is 15.0. The summed E-state index contributed by atoms with van der Waals surface area (Å²) in [5.41, 5.74) is 22.6. The van der Waals surface area contributed by atoms with Gasteiger partial charge in [-0.1, -0.05) is 208 Å². The molecule has 2 saturated heterocycles. The van der Waals surface area contributed by atoms with Crippen molar-refractivity contribution in [1.82, 2.24) is 0 Å². The van der Waals surface area contributed by atoms with Crippen LogP contribution in [0.4, 0.5) is 28.4 Å². The van der Waals surface area contributed by atoms with Crippen LogP contribution in [0.3, 0.4) is 0 Å². The van der Waals surface area contributed by atoms with Crippen molar-refractivity contribution in [3.8, 4) is 0 Å². The van der Waals surface area contributed by atoms with Gasteiger partial charge in [-0.25, -0.2) is 0 Å². The summed E-state index contributed by atoms with van der Waals surface area (Å²) in [7, 11) is 0. The van der Waals surface area contributed by atoms with E-state index in [0.717, 1.165) is 25.9 Å². The van der Waals surface area contributed by atoms with Gasteiger partial charge in [0, 0.05) is 83.2 Å². The van der Waals surface area contributed by atoms with Gasteiger partial charge in [-0.2, -0.15) is 0 Å². The van der Waals surface area contributed by atoms with Gasteiger partial charge in [-0.3, -0.25) is 20.2 Å². The highest BCUT2D eigenvalue weighted by molar-refractivity contribution is 8.93. The Labute approximate surface area is 608 Å². The minimum absolute atomic E-state index is 0. The summed E-state index contributed by atoms with van der Waals surface area (Å²) < 4.78 is 0. The largest absolute Gasteiger partial charge is 0.398 e. The summed E-state index contributed by atoms with van der Waals surface area (Å²) in [6.07, 6.45) is 8.04. The second kappa shape index (κ2) is 40.0. The second-order valence-electron chi connectivity index (χ2n) is 23.8. The molecule has 0 bridgehead atoms. The van der Waals surface area contributed by atoms with Crippen molar-refractivity contribution in [3.63, 3.8) is 0 Å². The first-order valence-electron chi connectivity index (χ1n) is 32.1. The van der Waals surface area contributed by atoms with Gasteiger partial charge in [-0.05, 0) is 214 Å². The fourth-order valence-electron chi connectivity index (χ4n) is 10.7. The van der Waals surface area contributed by atoms with Crippen molar-refractivity contribution in [3.05, 3.63) is 293 Å². The Morgan fingerprint density at radius 2 is 0.667 bits per heavy atom. The van der Waals surface area contributed by atoms with E-state index in [9.17, 15) is 20.2 Å². The maximum absolute atomic E-state index is 10.9. The first kappa shape index (κ1) is 77.9. The third-order valence-corrected chi connectivity index (χ3v) is 21.5. The van der Waals surface area contributed by atoms with Crippen molar-refractivity contribution < 1.29 is 9.85 Å². The molecule has 0 amide bonds. The van der Waals surface area contributed by atoms with Crippen molar-refractivity contribution in [1.29, 1.82) is 0 Å². The molecule has 502 valence electrons. The summed E-state index contributed by atoms with van der Waals surface area (Å²) >= 11 is 16.7. The van der Waals surface area contributed by atoms with Gasteiger partial charge in [0.15, 0.2) is 0 Å². The van der Waals surface area contributed by atoms with Gasteiger partial charge in [-0.15, -0.1) is 29.6 Å². The Bertz CT molecular complexity index is 4050. The summed E-state index contributed by atoms with van der Waals surface area (Å²) in [6, 6.07) is 70.8. The lowest BCUT2D eigenvalue weighted by Crippen LogP contribution is -2.29. The SMILES string of the molecule is Br.Cc1ccc(S)c(C)c1.Cc1ccc(Sc2ccccc2N)c(C)c1.Cc1ccc(Sc2ccccc2N2CCCCC2)c(C)c1.Cc1ccc(Sc2ccccc2N2CCCCC2)c(C)c1.Cc1ccc(Sc2ccccc2[N+](=O)[O-])c(C)c1.O=[N+]([O-])c1ccccc1Cl. The molecular weight excluding hydrogens is 1370 g/mol. The van der Waals surface area contributed by atoms with Crippen LogP contribution in [0.15, 0.2) is 256 Å². The lowest BCUT2D eigenvalue weighted by atomic mass is 10.1. The number of hydrogen-bond acceptors (Lipinski definition) is 12. The molecule has 2 fully saturated rings. The smallest absolute Gasteiger partial charge is 0.287 e. The highest BCUT2D eigenvalue weighted by atomic mass is 79.9. The van der Waals surface area contributed by atoms with E-state index in [2.05, 4.69) is 205 Å². The Balaban J connectivity index is 0.000000186. The fraction of sp³-hybridized carbons (Fsp3) is 0.250. The molecule has 10 aromatic rings. The topological polar surface area (TPSA) is 119 Å². The molecule has 0 radical (unpaired) electrons. The molecule has 96 heavy (non-hydrogen) atoms. The van der Waals surface area contributed by atoms with Crippen LogP contribution in [0.5, 0.6) is 0 Å². The molecule has 10 aromatic carbocycles. The van der Waals surface area contributed by atoms with Crippen LogP contribution in [0, 0.1) is 89.5 Å². The van der Waals surface area contributed by atoms with E-state index in [4.69, 9.17) is 17.3 Å². The van der Waals surface area contributed by atoms with E-state index >= 15 is 0 Å². The summed E-state index contributed by atoms with van der Waals surface area (Å²) in [4.78, 5) is 36.0.